The largest absolute Gasteiger partial charge is 0.366 e. The SMILES string of the molecule is CCN1CCOC(C(=O)Nc2ccn(Cc3ccncc3)n2)C1. The Labute approximate surface area is 135 Å². The minimum atomic E-state index is -0.436. The molecule has 0 spiro atoms. The van der Waals surface area contributed by atoms with Crippen LogP contribution in [0.5, 0.6) is 0 Å². The predicted molar refractivity (Wildman–Crippen MR) is 86.0 cm³/mol. The summed E-state index contributed by atoms with van der Waals surface area (Å²) in [5.41, 5.74) is 1.11. The molecule has 7 nitrogen and oxygen atoms in total. The van der Waals surface area contributed by atoms with E-state index in [0.29, 0.717) is 25.5 Å². The first kappa shape index (κ1) is 15.6. The van der Waals surface area contributed by atoms with E-state index in [4.69, 9.17) is 4.74 Å². The summed E-state index contributed by atoms with van der Waals surface area (Å²) in [5.74, 6) is 0.401. The first-order valence-electron chi connectivity index (χ1n) is 7.82. The van der Waals surface area contributed by atoms with Crippen molar-refractivity contribution in [3.8, 4) is 0 Å². The molecule has 0 aliphatic carbocycles. The molecule has 1 atom stereocenters. The molecule has 7 heteroatoms. The summed E-state index contributed by atoms with van der Waals surface area (Å²) in [5, 5.41) is 7.20. The van der Waals surface area contributed by atoms with Crippen LogP contribution in [0.4, 0.5) is 5.82 Å². The number of nitrogens with one attached hydrogen (secondary N) is 1. The lowest BCUT2D eigenvalue weighted by Gasteiger charge is -2.30. The van der Waals surface area contributed by atoms with Gasteiger partial charge in [0, 0.05) is 37.7 Å². The number of nitrogens with zero attached hydrogens (tertiary/aromatic N) is 4. The van der Waals surface area contributed by atoms with E-state index in [-0.39, 0.29) is 5.91 Å². The standard InChI is InChI=1S/C16H21N5O2/c1-2-20-9-10-23-14(12-20)16(22)18-15-5-8-21(19-15)11-13-3-6-17-7-4-13/h3-8,14H,2,9-12H2,1H3,(H,18,19,22). The number of likely N-dealkylation sites (N-methyl/N-ethyl adjacent to an activating group) is 1. The summed E-state index contributed by atoms with van der Waals surface area (Å²) in [6.07, 6.45) is 4.91. The molecule has 1 amide bonds. The lowest BCUT2D eigenvalue weighted by Crippen LogP contribution is -2.47. The second kappa shape index (κ2) is 7.34. The number of pyridine rings is 1. The highest BCUT2D eigenvalue weighted by Gasteiger charge is 2.26. The summed E-state index contributed by atoms with van der Waals surface area (Å²) >= 11 is 0. The molecule has 1 fully saturated rings. The molecule has 1 N–H and O–H groups in total. The Balaban J connectivity index is 1.57. The maximum atomic E-state index is 12.3. The fraction of sp³-hybridized carbons (Fsp3) is 0.438. The number of carbonyl (C=O) groups is 1. The first-order valence-corrected chi connectivity index (χ1v) is 7.82. The Morgan fingerprint density at radius 3 is 3.00 bits per heavy atom. The van der Waals surface area contributed by atoms with Crippen LogP contribution in [0.15, 0.2) is 36.8 Å². The zero-order valence-corrected chi connectivity index (χ0v) is 13.2. The van der Waals surface area contributed by atoms with Crippen molar-refractivity contribution in [1.82, 2.24) is 19.7 Å². The number of anilines is 1. The highest BCUT2D eigenvalue weighted by atomic mass is 16.5. The maximum absolute atomic E-state index is 12.3. The Hall–Kier alpha value is -2.25. The highest BCUT2D eigenvalue weighted by molar-refractivity contribution is 5.93. The van der Waals surface area contributed by atoms with Crippen LogP contribution in [0.1, 0.15) is 12.5 Å². The van der Waals surface area contributed by atoms with Gasteiger partial charge in [-0.2, -0.15) is 5.10 Å². The Morgan fingerprint density at radius 2 is 2.22 bits per heavy atom. The van der Waals surface area contributed by atoms with Crippen molar-refractivity contribution in [3.05, 3.63) is 42.4 Å². The van der Waals surface area contributed by atoms with Crippen LogP contribution in [-0.2, 0) is 16.1 Å². The van der Waals surface area contributed by atoms with E-state index in [0.717, 1.165) is 18.7 Å². The third kappa shape index (κ3) is 4.14. The van der Waals surface area contributed by atoms with E-state index in [1.54, 1.807) is 23.1 Å². The van der Waals surface area contributed by atoms with Gasteiger partial charge in [0.1, 0.15) is 6.10 Å². The van der Waals surface area contributed by atoms with Crippen molar-refractivity contribution in [2.24, 2.45) is 0 Å². The molecule has 1 unspecified atom stereocenters. The molecule has 1 aliphatic rings. The smallest absolute Gasteiger partial charge is 0.256 e. The van der Waals surface area contributed by atoms with Gasteiger partial charge in [0.2, 0.25) is 0 Å². The topological polar surface area (TPSA) is 72.3 Å². The van der Waals surface area contributed by atoms with E-state index < -0.39 is 6.10 Å². The van der Waals surface area contributed by atoms with Crippen molar-refractivity contribution in [1.29, 1.82) is 0 Å². The van der Waals surface area contributed by atoms with Gasteiger partial charge in [-0.1, -0.05) is 6.92 Å². The number of carbonyl (C=O) groups excluding carboxylic acids is 1. The first-order chi connectivity index (χ1) is 11.2. The molecular formula is C16H21N5O2. The quantitative estimate of drug-likeness (QED) is 0.891. The van der Waals surface area contributed by atoms with Gasteiger partial charge in [-0.15, -0.1) is 0 Å². The normalized spacial score (nSPS) is 18.7. The van der Waals surface area contributed by atoms with Crippen molar-refractivity contribution >= 4 is 11.7 Å². The number of amides is 1. The number of hydrogen-bond donors (Lipinski definition) is 1. The second-order valence-electron chi connectivity index (χ2n) is 5.50. The molecule has 3 heterocycles. The van der Waals surface area contributed by atoms with Gasteiger partial charge in [0.05, 0.1) is 13.2 Å². The van der Waals surface area contributed by atoms with Crippen LogP contribution >= 0.6 is 0 Å². The minimum absolute atomic E-state index is 0.141. The van der Waals surface area contributed by atoms with Crippen molar-refractivity contribution < 1.29 is 9.53 Å². The lowest BCUT2D eigenvalue weighted by molar-refractivity contribution is -0.132. The fourth-order valence-electron chi connectivity index (χ4n) is 2.55. The van der Waals surface area contributed by atoms with Crippen molar-refractivity contribution in [3.63, 3.8) is 0 Å². The molecule has 2 aromatic heterocycles. The molecule has 122 valence electrons. The van der Waals surface area contributed by atoms with E-state index >= 15 is 0 Å². The van der Waals surface area contributed by atoms with Crippen LogP contribution in [0.2, 0.25) is 0 Å². The Bertz CT molecular complexity index is 643. The van der Waals surface area contributed by atoms with Gasteiger partial charge < -0.3 is 10.1 Å². The predicted octanol–water partition coefficient (Wildman–Crippen LogP) is 0.986. The third-order valence-electron chi connectivity index (χ3n) is 3.88. The molecule has 0 bridgehead atoms. The number of ether oxygens (including phenoxy) is 1. The lowest BCUT2D eigenvalue weighted by atomic mass is 10.2. The van der Waals surface area contributed by atoms with Crippen LogP contribution in [0.3, 0.4) is 0 Å². The number of rotatable bonds is 5. The Morgan fingerprint density at radius 1 is 1.39 bits per heavy atom. The maximum Gasteiger partial charge on any atom is 0.256 e. The molecular weight excluding hydrogens is 294 g/mol. The molecule has 0 saturated carbocycles. The summed E-state index contributed by atoms with van der Waals surface area (Å²) in [6, 6.07) is 5.67. The van der Waals surface area contributed by atoms with Gasteiger partial charge in [0.25, 0.3) is 5.91 Å². The minimum Gasteiger partial charge on any atom is -0.366 e. The van der Waals surface area contributed by atoms with Crippen LogP contribution in [-0.4, -0.2) is 57.9 Å². The van der Waals surface area contributed by atoms with Crippen molar-refractivity contribution in [2.45, 2.75) is 19.6 Å². The molecule has 23 heavy (non-hydrogen) atoms. The highest BCUT2D eigenvalue weighted by Crippen LogP contribution is 2.10. The Kier molecular flexibility index (Phi) is 4.99. The van der Waals surface area contributed by atoms with Gasteiger partial charge >= 0.3 is 0 Å². The van der Waals surface area contributed by atoms with E-state index in [1.165, 1.54) is 0 Å². The third-order valence-corrected chi connectivity index (χ3v) is 3.88. The summed E-state index contributed by atoms with van der Waals surface area (Å²) < 4.78 is 7.33. The van der Waals surface area contributed by atoms with E-state index in [2.05, 4.69) is 27.2 Å². The zero-order chi connectivity index (χ0) is 16.1. The number of hydrogen-bond acceptors (Lipinski definition) is 5. The van der Waals surface area contributed by atoms with Gasteiger partial charge in [-0.3, -0.25) is 19.4 Å². The zero-order valence-electron chi connectivity index (χ0n) is 13.2. The molecule has 1 aliphatic heterocycles. The monoisotopic (exact) mass is 315 g/mol. The molecule has 0 radical (unpaired) electrons. The average Bonchev–Trinajstić information content (AvgIpc) is 3.02. The molecule has 1 saturated heterocycles. The fourth-order valence-corrected chi connectivity index (χ4v) is 2.55. The molecule has 0 aromatic carbocycles. The second-order valence-corrected chi connectivity index (χ2v) is 5.50. The van der Waals surface area contributed by atoms with E-state index in [9.17, 15) is 4.79 Å². The summed E-state index contributed by atoms with van der Waals surface area (Å²) in [4.78, 5) is 18.5. The van der Waals surface area contributed by atoms with Crippen LogP contribution in [0.25, 0.3) is 0 Å². The summed E-state index contributed by atoms with van der Waals surface area (Å²) in [7, 11) is 0. The molecule has 3 rings (SSSR count). The number of morpholine rings is 1. The van der Waals surface area contributed by atoms with Crippen LogP contribution < -0.4 is 5.32 Å². The molecule has 2 aromatic rings. The summed E-state index contributed by atoms with van der Waals surface area (Å²) in [6.45, 7) is 5.74. The average molecular weight is 315 g/mol. The van der Waals surface area contributed by atoms with Gasteiger partial charge in [-0.05, 0) is 24.2 Å². The number of aromatic nitrogens is 3. The van der Waals surface area contributed by atoms with E-state index in [1.807, 2.05) is 18.3 Å². The van der Waals surface area contributed by atoms with Crippen LogP contribution in [0, 0.1) is 0 Å². The van der Waals surface area contributed by atoms with Gasteiger partial charge in [-0.25, -0.2) is 0 Å². The van der Waals surface area contributed by atoms with Gasteiger partial charge in [0.15, 0.2) is 5.82 Å². The van der Waals surface area contributed by atoms with Crippen molar-refractivity contribution in [2.75, 3.05) is 31.6 Å².